The smallest absolute Gasteiger partial charge is 0.191 e. The Morgan fingerprint density at radius 3 is 2.27 bits per heavy atom. The molecule has 9 heteroatoms. The molecule has 0 amide bonds. The van der Waals surface area contributed by atoms with E-state index in [0.717, 1.165) is 16.7 Å². The number of likely N-dealkylation sites (N-methyl/N-ethyl adjacent to an activating group) is 1. The minimum Gasteiger partial charge on any atom is -0.354 e. The largest absolute Gasteiger partial charge is 0.354 e. The molecule has 2 aromatic rings. The van der Waals surface area contributed by atoms with Crippen molar-refractivity contribution in [3.8, 4) is 0 Å². The van der Waals surface area contributed by atoms with Gasteiger partial charge < -0.3 is 15.5 Å². The van der Waals surface area contributed by atoms with Crippen molar-refractivity contribution in [3.63, 3.8) is 0 Å². The van der Waals surface area contributed by atoms with Gasteiger partial charge in [0.15, 0.2) is 15.8 Å². The molecule has 0 aromatic heterocycles. The molecule has 0 fully saturated rings. The Morgan fingerprint density at radius 2 is 1.77 bits per heavy atom. The molecule has 0 bridgehead atoms. The second-order valence-electron chi connectivity index (χ2n) is 7.21. The summed E-state index contributed by atoms with van der Waals surface area (Å²) >= 11 is 6.00. The molecular formula is C21H30ClIN4O2S. The number of halogens is 2. The third-order valence-corrected chi connectivity index (χ3v) is 6.17. The molecule has 1 atom stereocenters. The molecular weight excluding hydrogens is 535 g/mol. The van der Waals surface area contributed by atoms with Crippen molar-refractivity contribution < 1.29 is 8.42 Å². The molecule has 2 rings (SSSR count). The fourth-order valence-electron chi connectivity index (χ4n) is 3.12. The maximum Gasteiger partial charge on any atom is 0.191 e. The van der Waals surface area contributed by atoms with Gasteiger partial charge >= 0.3 is 0 Å². The molecule has 0 aliphatic heterocycles. The normalized spacial score (nSPS) is 13.0. The fraction of sp³-hybridized carbons (Fsp3) is 0.381. The number of nitrogens with zero attached hydrogens (tertiary/aromatic N) is 2. The van der Waals surface area contributed by atoms with E-state index in [9.17, 15) is 8.42 Å². The van der Waals surface area contributed by atoms with Crippen LogP contribution in [0.4, 0.5) is 0 Å². The number of aliphatic imine (C=N–C) groups is 1. The van der Waals surface area contributed by atoms with Crippen molar-refractivity contribution in [1.29, 1.82) is 0 Å². The number of benzene rings is 2. The quantitative estimate of drug-likeness (QED) is 0.305. The summed E-state index contributed by atoms with van der Waals surface area (Å²) in [5, 5.41) is 7.35. The maximum absolute atomic E-state index is 11.8. The van der Waals surface area contributed by atoms with E-state index in [4.69, 9.17) is 11.6 Å². The Labute approximate surface area is 202 Å². The highest BCUT2D eigenvalue weighted by molar-refractivity contribution is 14.0. The molecule has 0 heterocycles. The van der Waals surface area contributed by atoms with Crippen molar-refractivity contribution in [1.82, 2.24) is 15.5 Å². The lowest BCUT2D eigenvalue weighted by molar-refractivity contribution is 0.298. The van der Waals surface area contributed by atoms with E-state index in [1.165, 1.54) is 6.26 Å². The third-order valence-electron chi connectivity index (χ3n) is 4.66. The van der Waals surface area contributed by atoms with Crippen LogP contribution >= 0.6 is 35.6 Å². The molecule has 6 nitrogen and oxygen atoms in total. The maximum atomic E-state index is 11.8. The molecule has 1 unspecified atom stereocenters. The summed E-state index contributed by atoms with van der Waals surface area (Å²) in [7, 11) is 2.57. The highest BCUT2D eigenvalue weighted by Gasteiger charge is 2.15. The second-order valence-corrected chi connectivity index (χ2v) is 9.63. The number of hydrogen-bond acceptors (Lipinski definition) is 4. The number of guanidine groups is 1. The van der Waals surface area contributed by atoms with Gasteiger partial charge in [0, 0.05) is 31.4 Å². The minimum absolute atomic E-state index is 0. The highest BCUT2D eigenvalue weighted by Crippen LogP contribution is 2.20. The lowest BCUT2D eigenvalue weighted by Crippen LogP contribution is -2.41. The summed E-state index contributed by atoms with van der Waals surface area (Å²) in [5.41, 5.74) is 2.89. The molecule has 0 saturated carbocycles. The van der Waals surface area contributed by atoms with Crippen LogP contribution < -0.4 is 10.6 Å². The molecule has 0 saturated heterocycles. The van der Waals surface area contributed by atoms with Crippen LogP contribution in [0.15, 0.2) is 52.4 Å². The van der Waals surface area contributed by atoms with E-state index in [1.807, 2.05) is 50.5 Å². The fourth-order valence-corrected chi connectivity index (χ4v) is 4.21. The summed E-state index contributed by atoms with van der Waals surface area (Å²) in [6.45, 7) is 3.01. The number of aryl methyl sites for hydroxylation is 1. The standard InChI is InChI=1S/C21H29ClN4O2S.HI/c1-15-12-16(6-11-20(15)29(5,27)28)13-24-21(23-2)25-14-19(26(3)4)17-7-9-18(22)10-8-17;/h6-12,19H,13-14H2,1-5H3,(H2,23,24,25);1H. The first-order chi connectivity index (χ1) is 13.6. The number of sulfone groups is 1. The Bertz CT molecular complexity index is 963. The summed E-state index contributed by atoms with van der Waals surface area (Å²) in [6, 6.07) is 13.3. The Balaban J connectivity index is 0.00000450. The lowest BCUT2D eigenvalue weighted by Gasteiger charge is -2.26. The van der Waals surface area contributed by atoms with Crippen molar-refractivity contribution in [2.45, 2.75) is 24.4 Å². The highest BCUT2D eigenvalue weighted by atomic mass is 127. The molecule has 0 aliphatic carbocycles. The van der Waals surface area contributed by atoms with Crippen LogP contribution in [-0.4, -0.2) is 53.2 Å². The summed E-state index contributed by atoms with van der Waals surface area (Å²) < 4.78 is 23.5. The Hall–Kier alpha value is -1.36. The van der Waals surface area contributed by atoms with E-state index in [-0.39, 0.29) is 30.0 Å². The van der Waals surface area contributed by atoms with Crippen LogP contribution in [-0.2, 0) is 16.4 Å². The van der Waals surface area contributed by atoms with E-state index in [1.54, 1.807) is 20.0 Å². The first-order valence-electron chi connectivity index (χ1n) is 9.28. The van der Waals surface area contributed by atoms with E-state index in [0.29, 0.717) is 29.0 Å². The summed E-state index contributed by atoms with van der Waals surface area (Å²) in [4.78, 5) is 6.78. The van der Waals surface area contributed by atoms with Gasteiger partial charge in [0.25, 0.3) is 0 Å². The predicted molar refractivity (Wildman–Crippen MR) is 136 cm³/mol. The zero-order chi connectivity index (χ0) is 21.6. The zero-order valence-electron chi connectivity index (χ0n) is 17.9. The summed E-state index contributed by atoms with van der Waals surface area (Å²) in [6.07, 6.45) is 1.22. The minimum atomic E-state index is -3.21. The predicted octanol–water partition coefficient (Wildman–Crippen LogP) is 3.64. The average Bonchev–Trinajstić information content (AvgIpc) is 2.64. The first kappa shape index (κ1) is 26.7. The van der Waals surface area contributed by atoms with Gasteiger partial charge in [-0.3, -0.25) is 4.99 Å². The van der Waals surface area contributed by atoms with Crippen LogP contribution in [0, 0.1) is 6.92 Å². The summed E-state index contributed by atoms with van der Waals surface area (Å²) in [5.74, 6) is 0.677. The van der Waals surface area contributed by atoms with E-state index >= 15 is 0 Å². The Kier molecular flexibility index (Phi) is 10.6. The van der Waals surface area contributed by atoms with Gasteiger partial charge in [0.2, 0.25) is 0 Å². The second kappa shape index (κ2) is 11.9. The van der Waals surface area contributed by atoms with Gasteiger partial charge in [0.05, 0.1) is 10.9 Å². The molecule has 30 heavy (non-hydrogen) atoms. The number of nitrogens with one attached hydrogen (secondary N) is 2. The number of hydrogen-bond donors (Lipinski definition) is 2. The molecule has 2 aromatic carbocycles. The first-order valence-corrected chi connectivity index (χ1v) is 11.5. The Morgan fingerprint density at radius 1 is 1.13 bits per heavy atom. The topological polar surface area (TPSA) is 73.8 Å². The molecule has 0 radical (unpaired) electrons. The van der Waals surface area contributed by atoms with Gasteiger partial charge in [-0.05, 0) is 55.9 Å². The van der Waals surface area contributed by atoms with Crippen molar-refractivity contribution in [3.05, 3.63) is 64.2 Å². The van der Waals surface area contributed by atoms with Crippen LogP contribution in [0.25, 0.3) is 0 Å². The van der Waals surface area contributed by atoms with Crippen molar-refractivity contribution in [2.75, 3.05) is 33.9 Å². The van der Waals surface area contributed by atoms with Crippen LogP contribution in [0.3, 0.4) is 0 Å². The van der Waals surface area contributed by atoms with Crippen LogP contribution in [0.1, 0.15) is 22.7 Å². The van der Waals surface area contributed by atoms with Gasteiger partial charge in [-0.15, -0.1) is 24.0 Å². The van der Waals surface area contributed by atoms with Crippen LogP contribution in [0.5, 0.6) is 0 Å². The molecule has 0 aliphatic rings. The number of rotatable bonds is 7. The van der Waals surface area contributed by atoms with E-state index < -0.39 is 9.84 Å². The lowest BCUT2D eigenvalue weighted by atomic mass is 10.1. The third kappa shape index (κ3) is 7.72. The van der Waals surface area contributed by atoms with Crippen molar-refractivity contribution in [2.24, 2.45) is 4.99 Å². The van der Waals surface area contributed by atoms with Gasteiger partial charge in [-0.25, -0.2) is 8.42 Å². The monoisotopic (exact) mass is 564 g/mol. The molecule has 2 N–H and O–H groups in total. The van der Waals surface area contributed by atoms with E-state index in [2.05, 4.69) is 20.5 Å². The zero-order valence-corrected chi connectivity index (χ0v) is 21.8. The van der Waals surface area contributed by atoms with Gasteiger partial charge in [0.1, 0.15) is 0 Å². The van der Waals surface area contributed by atoms with Gasteiger partial charge in [-0.2, -0.15) is 0 Å². The van der Waals surface area contributed by atoms with Crippen LogP contribution in [0.2, 0.25) is 5.02 Å². The molecule has 166 valence electrons. The van der Waals surface area contributed by atoms with Gasteiger partial charge in [-0.1, -0.05) is 35.9 Å². The SMILES string of the molecule is CN=C(NCc1ccc(S(C)(=O)=O)c(C)c1)NCC(c1ccc(Cl)cc1)N(C)C.I. The average molecular weight is 565 g/mol. The molecule has 0 spiro atoms. The van der Waals surface area contributed by atoms with Crippen molar-refractivity contribution >= 4 is 51.4 Å².